The van der Waals surface area contributed by atoms with Gasteiger partial charge >= 0.3 is 0 Å². The SMILES string of the molecule is Cc1ccc(NC(=O)CN(C2CCCCC2)S(=O)(=O)c2ccc(F)cc2)cc1Cl. The highest BCUT2D eigenvalue weighted by Gasteiger charge is 2.34. The monoisotopic (exact) mass is 438 g/mol. The molecule has 8 heteroatoms. The molecule has 5 nitrogen and oxygen atoms in total. The normalized spacial score (nSPS) is 15.4. The summed E-state index contributed by atoms with van der Waals surface area (Å²) in [4.78, 5) is 12.7. The van der Waals surface area contributed by atoms with Crippen LogP contribution in [0.5, 0.6) is 0 Å². The summed E-state index contributed by atoms with van der Waals surface area (Å²) in [5.41, 5.74) is 1.39. The fourth-order valence-corrected chi connectivity index (χ4v) is 5.36. The molecule has 1 amide bonds. The molecule has 156 valence electrons. The third-order valence-electron chi connectivity index (χ3n) is 5.16. The Hall–Kier alpha value is -1.96. The van der Waals surface area contributed by atoms with Gasteiger partial charge in [0.15, 0.2) is 0 Å². The van der Waals surface area contributed by atoms with E-state index in [-0.39, 0.29) is 17.5 Å². The van der Waals surface area contributed by atoms with Crippen LogP contribution in [-0.4, -0.2) is 31.2 Å². The van der Waals surface area contributed by atoms with Crippen LogP contribution in [0, 0.1) is 12.7 Å². The van der Waals surface area contributed by atoms with Gasteiger partial charge in [-0.05, 0) is 61.7 Å². The van der Waals surface area contributed by atoms with Crippen LogP contribution >= 0.6 is 11.6 Å². The van der Waals surface area contributed by atoms with E-state index in [4.69, 9.17) is 11.6 Å². The lowest BCUT2D eigenvalue weighted by molar-refractivity contribution is -0.116. The Labute approximate surface area is 175 Å². The lowest BCUT2D eigenvalue weighted by Crippen LogP contribution is -2.45. The Morgan fingerprint density at radius 1 is 1.14 bits per heavy atom. The van der Waals surface area contributed by atoms with Crippen LogP contribution in [0.15, 0.2) is 47.4 Å². The van der Waals surface area contributed by atoms with Crippen molar-refractivity contribution in [2.24, 2.45) is 0 Å². The molecule has 1 saturated carbocycles. The van der Waals surface area contributed by atoms with Crippen LogP contribution < -0.4 is 5.32 Å². The summed E-state index contributed by atoms with van der Waals surface area (Å²) in [7, 11) is -3.94. The number of hydrogen-bond donors (Lipinski definition) is 1. The molecule has 0 saturated heterocycles. The number of benzene rings is 2. The number of halogens is 2. The van der Waals surface area contributed by atoms with Gasteiger partial charge in [-0.1, -0.05) is 36.9 Å². The molecule has 0 radical (unpaired) electrons. The average molecular weight is 439 g/mol. The highest BCUT2D eigenvalue weighted by molar-refractivity contribution is 7.89. The number of carbonyl (C=O) groups is 1. The van der Waals surface area contributed by atoms with E-state index in [1.807, 2.05) is 6.92 Å². The minimum absolute atomic E-state index is 0.0179. The first-order valence-electron chi connectivity index (χ1n) is 9.61. The summed E-state index contributed by atoms with van der Waals surface area (Å²) >= 11 is 6.10. The van der Waals surface area contributed by atoms with Crippen molar-refractivity contribution in [3.63, 3.8) is 0 Å². The van der Waals surface area contributed by atoms with E-state index in [9.17, 15) is 17.6 Å². The number of amides is 1. The van der Waals surface area contributed by atoms with Crippen LogP contribution in [-0.2, 0) is 14.8 Å². The van der Waals surface area contributed by atoms with Crippen LogP contribution in [0.1, 0.15) is 37.7 Å². The minimum atomic E-state index is -3.94. The first-order valence-corrected chi connectivity index (χ1v) is 11.4. The Morgan fingerprint density at radius 3 is 2.41 bits per heavy atom. The summed E-state index contributed by atoms with van der Waals surface area (Å²) in [6.45, 7) is 1.55. The van der Waals surface area contributed by atoms with Gasteiger partial charge in [0.05, 0.1) is 11.4 Å². The summed E-state index contributed by atoms with van der Waals surface area (Å²) in [6.07, 6.45) is 4.27. The Bertz CT molecular complexity index is 974. The fourth-order valence-electron chi connectivity index (χ4n) is 3.53. The summed E-state index contributed by atoms with van der Waals surface area (Å²) in [6, 6.07) is 9.57. The molecule has 0 spiro atoms. The maximum absolute atomic E-state index is 13.3. The zero-order valence-electron chi connectivity index (χ0n) is 16.2. The molecule has 0 bridgehead atoms. The molecule has 1 aliphatic carbocycles. The molecule has 1 fully saturated rings. The first kappa shape index (κ1) is 21.7. The molecule has 3 rings (SSSR count). The van der Waals surface area contributed by atoms with Gasteiger partial charge in [0.2, 0.25) is 15.9 Å². The topological polar surface area (TPSA) is 66.5 Å². The molecule has 0 aliphatic heterocycles. The van der Waals surface area contributed by atoms with Gasteiger partial charge < -0.3 is 5.32 Å². The second-order valence-corrected chi connectivity index (χ2v) is 9.61. The second kappa shape index (κ2) is 9.24. The maximum atomic E-state index is 13.3. The van der Waals surface area contributed by atoms with E-state index >= 15 is 0 Å². The van der Waals surface area contributed by atoms with E-state index in [0.29, 0.717) is 23.6 Å². The summed E-state index contributed by atoms with van der Waals surface area (Å²) < 4.78 is 41.0. The smallest absolute Gasteiger partial charge is 0.243 e. The van der Waals surface area contributed by atoms with Gasteiger partial charge in [-0.15, -0.1) is 0 Å². The van der Waals surface area contributed by atoms with Crippen molar-refractivity contribution < 1.29 is 17.6 Å². The molecule has 2 aromatic carbocycles. The molecule has 0 aromatic heterocycles. The van der Waals surface area contributed by atoms with E-state index in [0.717, 1.165) is 37.0 Å². The molecule has 2 aromatic rings. The van der Waals surface area contributed by atoms with Gasteiger partial charge in [-0.2, -0.15) is 4.31 Å². The van der Waals surface area contributed by atoms with Crippen LogP contribution in [0.25, 0.3) is 0 Å². The van der Waals surface area contributed by atoms with Gasteiger partial charge in [0, 0.05) is 16.8 Å². The molecule has 0 heterocycles. The zero-order valence-corrected chi connectivity index (χ0v) is 17.8. The van der Waals surface area contributed by atoms with Gasteiger partial charge in [0.25, 0.3) is 0 Å². The van der Waals surface area contributed by atoms with Crippen molar-refractivity contribution in [3.05, 3.63) is 58.9 Å². The molecule has 0 atom stereocenters. The Kier molecular flexibility index (Phi) is 6.93. The summed E-state index contributed by atoms with van der Waals surface area (Å²) in [5, 5.41) is 3.24. The van der Waals surface area contributed by atoms with Crippen molar-refractivity contribution in [2.75, 3.05) is 11.9 Å². The molecular formula is C21H24ClFN2O3S. The minimum Gasteiger partial charge on any atom is -0.325 e. The molecular weight excluding hydrogens is 415 g/mol. The van der Waals surface area contributed by atoms with Gasteiger partial charge in [-0.25, -0.2) is 12.8 Å². The number of carbonyl (C=O) groups excluding carboxylic acids is 1. The second-order valence-electron chi connectivity index (χ2n) is 7.31. The maximum Gasteiger partial charge on any atom is 0.243 e. The van der Waals surface area contributed by atoms with Crippen LogP contribution in [0.3, 0.4) is 0 Å². The number of sulfonamides is 1. The standard InChI is InChI=1S/C21H24ClFN2O3S/c1-15-7-10-17(13-20(15)22)24-21(26)14-25(18-5-3-2-4-6-18)29(27,28)19-11-8-16(23)9-12-19/h7-13,18H,2-6,14H2,1H3,(H,24,26). The number of anilines is 1. The third-order valence-corrected chi connectivity index (χ3v) is 7.48. The first-order chi connectivity index (χ1) is 13.8. The number of nitrogens with one attached hydrogen (secondary N) is 1. The Balaban J connectivity index is 1.84. The number of hydrogen-bond acceptors (Lipinski definition) is 3. The number of aryl methyl sites for hydroxylation is 1. The molecule has 29 heavy (non-hydrogen) atoms. The lowest BCUT2D eigenvalue weighted by Gasteiger charge is -2.33. The van der Waals surface area contributed by atoms with Gasteiger partial charge in [-0.3, -0.25) is 4.79 Å². The lowest BCUT2D eigenvalue weighted by atomic mass is 9.95. The van der Waals surface area contributed by atoms with E-state index in [2.05, 4.69) is 5.32 Å². The number of rotatable bonds is 6. The predicted molar refractivity (Wildman–Crippen MR) is 112 cm³/mol. The van der Waals surface area contributed by atoms with Crippen LogP contribution in [0.2, 0.25) is 5.02 Å². The quantitative estimate of drug-likeness (QED) is 0.707. The van der Waals surface area contributed by atoms with Crippen molar-refractivity contribution in [2.45, 2.75) is 50.0 Å². The highest BCUT2D eigenvalue weighted by Crippen LogP contribution is 2.28. The highest BCUT2D eigenvalue weighted by atomic mass is 35.5. The van der Waals surface area contributed by atoms with E-state index in [1.165, 1.54) is 16.4 Å². The zero-order chi connectivity index (χ0) is 21.0. The molecule has 0 unspecified atom stereocenters. The predicted octanol–water partition coefficient (Wildman–Crippen LogP) is 4.75. The van der Waals surface area contributed by atoms with Crippen molar-refractivity contribution in [3.8, 4) is 0 Å². The number of nitrogens with zero attached hydrogens (tertiary/aromatic N) is 1. The van der Waals surface area contributed by atoms with Crippen molar-refractivity contribution in [1.82, 2.24) is 4.31 Å². The molecule has 1 N–H and O–H groups in total. The Morgan fingerprint density at radius 2 is 1.79 bits per heavy atom. The van der Waals surface area contributed by atoms with Crippen LogP contribution in [0.4, 0.5) is 10.1 Å². The van der Waals surface area contributed by atoms with E-state index in [1.54, 1.807) is 18.2 Å². The molecule has 1 aliphatic rings. The van der Waals surface area contributed by atoms with Crippen molar-refractivity contribution in [1.29, 1.82) is 0 Å². The summed E-state index contributed by atoms with van der Waals surface area (Å²) in [5.74, 6) is -0.955. The van der Waals surface area contributed by atoms with E-state index < -0.39 is 21.7 Å². The largest absolute Gasteiger partial charge is 0.325 e. The fraction of sp³-hybridized carbons (Fsp3) is 0.381. The van der Waals surface area contributed by atoms with Gasteiger partial charge in [0.1, 0.15) is 5.82 Å². The third kappa shape index (κ3) is 5.35. The average Bonchev–Trinajstić information content (AvgIpc) is 2.70. The van der Waals surface area contributed by atoms with Crippen molar-refractivity contribution >= 4 is 33.2 Å².